The highest BCUT2D eigenvalue weighted by atomic mass is 16.5. The zero-order valence-electron chi connectivity index (χ0n) is 14.2. The molecule has 1 aliphatic heterocycles. The standard InChI is InChI=1S/C20H21NO3/c1-13(2)17-9-18(19(24-3)8-16(17)12-22)20(23)21-10-14-6-4-5-7-15(14)11-21/h4-9,12-13H,10-11H2,1-3H3. The van der Waals surface area contributed by atoms with Crippen LogP contribution in [0.4, 0.5) is 0 Å². The van der Waals surface area contributed by atoms with E-state index >= 15 is 0 Å². The fraction of sp³-hybridized carbons (Fsp3) is 0.300. The fourth-order valence-electron chi connectivity index (χ4n) is 3.20. The lowest BCUT2D eigenvalue weighted by molar-refractivity contribution is 0.0747. The molecule has 1 aliphatic rings. The summed E-state index contributed by atoms with van der Waals surface area (Å²) < 4.78 is 5.37. The number of rotatable bonds is 4. The minimum Gasteiger partial charge on any atom is -0.496 e. The minimum atomic E-state index is -0.0672. The van der Waals surface area contributed by atoms with Crippen LogP contribution < -0.4 is 4.74 Å². The summed E-state index contributed by atoms with van der Waals surface area (Å²) in [4.78, 5) is 26.2. The number of fused-ring (bicyclic) bond motifs is 1. The molecular weight excluding hydrogens is 302 g/mol. The molecule has 1 heterocycles. The second kappa shape index (κ2) is 6.48. The summed E-state index contributed by atoms with van der Waals surface area (Å²) >= 11 is 0. The van der Waals surface area contributed by atoms with Gasteiger partial charge in [0.25, 0.3) is 5.91 Å². The number of hydrogen-bond donors (Lipinski definition) is 0. The maximum atomic E-state index is 13.0. The van der Waals surface area contributed by atoms with Gasteiger partial charge in [-0.05, 0) is 34.7 Å². The van der Waals surface area contributed by atoms with E-state index in [1.807, 2.05) is 30.9 Å². The van der Waals surface area contributed by atoms with Crippen LogP contribution in [-0.2, 0) is 13.1 Å². The molecule has 2 aromatic rings. The van der Waals surface area contributed by atoms with Gasteiger partial charge in [0.1, 0.15) is 12.0 Å². The van der Waals surface area contributed by atoms with E-state index in [2.05, 4.69) is 12.1 Å². The molecule has 0 bridgehead atoms. The van der Waals surface area contributed by atoms with Crippen molar-refractivity contribution >= 4 is 12.2 Å². The summed E-state index contributed by atoms with van der Waals surface area (Å²) in [6.07, 6.45) is 0.817. The second-order valence-electron chi connectivity index (χ2n) is 6.38. The third kappa shape index (κ3) is 2.80. The molecule has 0 fully saturated rings. The molecule has 0 radical (unpaired) electrons. The van der Waals surface area contributed by atoms with Gasteiger partial charge in [-0.25, -0.2) is 0 Å². The lowest BCUT2D eigenvalue weighted by atomic mass is 9.94. The lowest BCUT2D eigenvalue weighted by Crippen LogP contribution is -2.26. The first-order valence-electron chi connectivity index (χ1n) is 8.08. The first-order valence-corrected chi connectivity index (χ1v) is 8.08. The number of ether oxygens (including phenoxy) is 1. The van der Waals surface area contributed by atoms with Gasteiger partial charge in [0.2, 0.25) is 0 Å². The van der Waals surface area contributed by atoms with Gasteiger partial charge in [-0.1, -0.05) is 38.1 Å². The highest BCUT2D eigenvalue weighted by Gasteiger charge is 2.27. The number of amides is 1. The number of hydrogen-bond acceptors (Lipinski definition) is 3. The summed E-state index contributed by atoms with van der Waals surface area (Å²) in [6.45, 7) is 5.22. The Bertz CT molecular complexity index is 770. The summed E-state index contributed by atoms with van der Waals surface area (Å²) in [5.41, 5.74) is 4.31. The van der Waals surface area contributed by atoms with Gasteiger partial charge in [-0.2, -0.15) is 0 Å². The molecule has 0 atom stereocenters. The first kappa shape index (κ1) is 16.2. The van der Waals surface area contributed by atoms with Crippen molar-refractivity contribution in [2.45, 2.75) is 32.9 Å². The Morgan fingerprint density at radius 3 is 2.29 bits per heavy atom. The Balaban J connectivity index is 1.98. The summed E-state index contributed by atoms with van der Waals surface area (Å²) in [5.74, 6) is 0.531. The van der Waals surface area contributed by atoms with Gasteiger partial charge in [0, 0.05) is 18.7 Å². The van der Waals surface area contributed by atoms with Crippen molar-refractivity contribution < 1.29 is 14.3 Å². The second-order valence-corrected chi connectivity index (χ2v) is 6.38. The Morgan fingerprint density at radius 2 is 1.79 bits per heavy atom. The van der Waals surface area contributed by atoms with Crippen LogP contribution in [0.2, 0.25) is 0 Å². The molecular formula is C20H21NO3. The molecule has 0 saturated heterocycles. The van der Waals surface area contributed by atoms with Crippen molar-refractivity contribution in [3.63, 3.8) is 0 Å². The molecule has 0 unspecified atom stereocenters. The van der Waals surface area contributed by atoms with E-state index < -0.39 is 0 Å². The van der Waals surface area contributed by atoms with Crippen LogP contribution in [0.25, 0.3) is 0 Å². The van der Waals surface area contributed by atoms with Crippen molar-refractivity contribution in [2.24, 2.45) is 0 Å². The molecule has 0 aromatic heterocycles. The van der Waals surface area contributed by atoms with E-state index in [1.54, 1.807) is 12.1 Å². The summed E-state index contributed by atoms with van der Waals surface area (Å²) in [6, 6.07) is 11.5. The SMILES string of the molecule is COc1cc(C=O)c(C(C)C)cc1C(=O)N1Cc2ccccc2C1. The normalized spacial score (nSPS) is 13.1. The number of methoxy groups -OCH3 is 1. The molecule has 4 nitrogen and oxygen atoms in total. The van der Waals surface area contributed by atoms with E-state index in [9.17, 15) is 9.59 Å². The largest absolute Gasteiger partial charge is 0.496 e. The van der Waals surface area contributed by atoms with Gasteiger partial charge in [0.15, 0.2) is 0 Å². The zero-order chi connectivity index (χ0) is 17.3. The van der Waals surface area contributed by atoms with E-state index in [0.29, 0.717) is 30.0 Å². The van der Waals surface area contributed by atoms with Crippen LogP contribution >= 0.6 is 0 Å². The van der Waals surface area contributed by atoms with Gasteiger partial charge in [-0.3, -0.25) is 9.59 Å². The monoisotopic (exact) mass is 323 g/mol. The highest BCUT2D eigenvalue weighted by Crippen LogP contribution is 2.31. The van der Waals surface area contributed by atoms with Crippen molar-refractivity contribution in [2.75, 3.05) is 7.11 Å². The molecule has 0 N–H and O–H groups in total. The number of carbonyl (C=O) groups excluding carboxylic acids is 2. The van der Waals surface area contributed by atoms with E-state index in [4.69, 9.17) is 4.74 Å². The van der Waals surface area contributed by atoms with Crippen LogP contribution in [-0.4, -0.2) is 24.2 Å². The van der Waals surface area contributed by atoms with E-state index in [1.165, 1.54) is 18.2 Å². The highest BCUT2D eigenvalue weighted by molar-refractivity contribution is 5.98. The van der Waals surface area contributed by atoms with Gasteiger partial charge in [-0.15, -0.1) is 0 Å². The number of nitrogens with zero attached hydrogens (tertiary/aromatic N) is 1. The van der Waals surface area contributed by atoms with Gasteiger partial charge >= 0.3 is 0 Å². The molecule has 0 aliphatic carbocycles. The molecule has 0 spiro atoms. The molecule has 4 heteroatoms. The van der Waals surface area contributed by atoms with Crippen molar-refractivity contribution in [3.8, 4) is 5.75 Å². The molecule has 124 valence electrons. The first-order chi connectivity index (χ1) is 11.5. The average molecular weight is 323 g/mol. The van der Waals surface area contributed by atoms with Crippen molar-refractivity contribution in [1.29, 1.82) is 0 Å². The van der Waals surface area contributed by atoms with Crippen LogP contribution in [0, 0.1) is 0 Å². The van der Waals surface area contributed by atoms with Crippen LogP contribution in [0.3, 0.4) is 0 Å². The topological polar surface area (TPSA) is 46.6 Å². The van der Waals surface area contributed by atoms with Crippen molar-refractivity contribution in [1.82, 2.24) is 4.90 Å². The quantitative estimate of drug-likeness (QED) is 0.804. The smallest absolute Gasteiger partial charge is 0.258 e. The molecule has 0 saturated carbocycles. The van der Waals surface area contributed by atoms with Gasteiger partial charge in [0.05, 0.1) is 12.7 Å². The maximum Gasteiger partial charge on any atom is 0.258 e. The van der Waals surface area contributed by atoms with E-state index in [-0.39, 0.29) is 11.8 Å². The molecule has 2 aromatic carbocycles. The molecule has 1 amide bonds. The van der Waals surface area contributed by atoms with Crippen molar-refractivity contribution in [3.05, 3.63) is 64.2 Å². The third-order valence-electron chi connectivity index (χ3n) is 4.51. The Morgan fingerprint density at radius 1 is 1.17 bits per heavy atom. The van der Waals surface area contributed by atoms with Gasteiger partial charge < -0.3 is 9.64 Å². The van der Waals surface area contributed by atoms with Crippen LogP contribution in [0.1, 0.15) is 57.2 Å². The predicted molar refractivity (Wildman–Crippen MR) is 92.5 cm³/mol. The average Bonchev–Trinajstić information content (AvgIpc) is 3.03. The van der Waals surface area contributed by atoms with E-state index in [0.717, 1.165) is 11.8 Å². The number of aldehydes is 1. The molecule has 24 heavy (non-hydrogen) atoms. The third-order valence-corrected chi connectivity index (χ3v) is 4.51. The van der Waals surface area contributed by atoms with Crippen LogP contribution in [0.5, 0.6) is 5.75 Å². The number of benzene rings is 2. The number of carbonyl (C=O) groups is 2. The zero-order valence-corrected chi connectivity index (χ0v) is 14.2. The summed E-state index contributed by atoms with van der Waals surface area (Å²) in [5, 5.41) is 0. The Hall–Kier alpha value is -2.62. The fourth-order valence-corrected chi connectivity index (χ4v) is 3.20. The molecule has 3 rings (SSSR count). The Labute approximate surface area is 142 Å². The maximum absolute atomic E-state index is 13.0. The predicted octanol–water partition coefficient (Wildman–Crippen LogP) is 3.79. The van der Waals surface area contributed by atoms with Crippen LogP contribution in [0.15, 0.2) is 36.4 Å². The lowest BCUT2D eigenvalue weighted by Gasteiger charge is -2.20. The minimum absolute atomic E-state index is 0.0672. The summed E-state index contributed by atoms with van der Waals surface area (Å²) in [7, 11) is 1.52. The Kier molecular flexibility index (Phi) is 4.38.